The topological polar surface area (TPSA) is 55.1 Å². The molecule has 0 aliphatic carbocycles. The fourth-order valence-electron chi connectivity index (χ4n) is 1.25. The zero-order chi connectivity index (χ0) is 12.1. The number of anilines is 2. The molecule has 3 N–H and O–H groups in total. The minimum Gasteiger partial charge on any atom is -0.396 e. The second-order valence-electron chi connectivity index (χ2n) is 3.49. The first kappa shape index (κ1) is 12.2. The monoisotopic (exact) mass is 222 g/mol. The van der Waals surface area contributed by atoms with Crippen molar-refractivity contribution in [2.75, 3.05) is 11.1 Å². The molecule has 0 aliphatic heterocycles. The summed E-state index contributed by atoms with van der Waals surface area (Å²) >= 11 is 0. The smallest absolute Gasteiger partial charge is 0.250 e. The van der Waals surface area contributed by atoms with Crippen molar-refractivity contribution in [1.82, 2.24) is 0 Å². The molecule has 0 spiro atoms. The van der Waals surface area contributed by atoms with Gasteiger partial charge in [0.1, 0.15) is 5.82 Å². The van der Waals surface area contributed by atoms with E-state index < -0.39 is 5.82 Å². The van der Waals surface area contributed by atoms with Gasteiger partial charge in [-0.25, -0.2) is 4.39 Å². The van der Waals surface area contributed by atoms with Crippen LogP contribution in [-0.4, -0.2) is 5.91 Å². The number of hydrogen-bond acceptors (Lipinski definition) is 2. The van der Waals surface area contributed by atoms with Crippen molar-refractivity contribution in [1.29, 1.82) is 0 Å². The third-order valence-electron chi connectivity index (χ3n) is 2.12. The molecule has 0 atom stereocenters. The minimum atomic E-state index is -0.487. The van der Waals surface area contributed by atoms with Crippen molar-refractivity contribution in [2.45, 2.75) is 20.3 Å². The molecule has 3 nitrogen and oxygen atoms in total. The summed E-state index contributed by atoms with van der Waals surface area (Å²) in [5.74, 6) is -0.688. The Labute approximate surface area is 94.1 Å². The highest BCUT2D eigenvalue weighted by molar-refractivity contribution is 6.03. The standard InChI is InChI=1S/C12H15FN2O/c1-3-4-8(2)12(16)15-9-5-6-10(13)11(14)7-9/h4-7H,3,14H2,1-2H3,(H,15,16). The van der Waals surface area contributed by atoms with Gasteiger partial charge in [-0.1, -0.05) is 13.0 Å². The molecule has 0 saturated heterocycles. The number of nitrogen functional groups attached to an aromatic ring is 1. The van der Waals surface area contributed by atoms with E-state index in [1.54, 1.807) is 6.92 Å². The Bertz CT molecular complexity index is 427. The number of halogens is 1. The van der Waals surface area contributed by atoms with Crippen molar-refractivity contribution in [2.24, 2.45) is 0 Å². The maximum atomic E-state index is 12.9. The predicted molar refractivity (Wildman–Crippen MR) is 63.5 cm³/mol. The average Bonchev–Trinajstić information content (AvgIpc) is 2.24. The SMILES string of the molecule is CCC=C(C)C(=O)Nc1ccc(F)c(N)c1. The number of benzene rings is 1. The van der Waals surface area contributed by atoms with Crippen molar-refractivity contribution in [3.05, 3.63) is 35.7 Å². The maximum Gasteiger partial charge on any atom is 0.250 e. The number of carbonyl (C=O) groups excluding carboxylic acids is 1. The first-order chi connectivity index (χ1) is 7.54. The molecule has 1 aromatic rings. The van der Waals surface area contributed by atoms with Gasteiger partial charge in [0.05, 0.1) is 5.69 Å². The Morgan fingerprint density at radius 3 is 2.81 bits per heavy atom. The first-order valence-corrected chi connectivity index (χ1v) is 5.07. The largest absolute Gasteiger partial charge is 0.396 e. The fraction of sp³-hybridized carbons (Fsp3) is 0.250. The van der Waals surface area contributed by atoms with Crippen molar-refractivity contribution in [3.63, 3.8) is 0 Å². The first-order valence-electron chi connectivity index (χ1n) is 5.07. The van der Waals surface area contributed by atoms with Gasteiger partial charge in [0.25, 0.3) is 5.91 Å². The molecular weight excluding hydrogens is 207 g/mol. The summed E-state index contributed by atoms with van der Waals surface area (Å²) in [6.45, 7) is 3.68. The van der Waals surface area contributed by atoms with Gasteiger partial charge in [-0.15, -0.1) is 0 Å². The van der Waals surface area contributed by atoms with Crippen LogP contribution in [0.3, 0.4) is 0 Å². The molecule has 1 rings (SSSR count). The van der Waals surface area contributed by atoms with E-state index in [0.29, 0.717) is 11.3 Å². The Morgan fingerprint density at radius 2 is 2.25 bits per heavy atom. The summed E-state index contributed by atoms with van der Waals surface area (Å²) in [6, 6.07) is 4.10. The zero-order valence-electron chi connectivity index (χ0n) is 9.38. The van der Waals surface area contributed by atoms with E-state index in [-0.39, 0.29) is 11.6 Å². The van der Waals surface area contributed by atoms with Gasteiger partial charge in [0.15, 0.2) is 0 Å². The summed E-state index contributed by atoms with van der Waals surface area (Å²) < 4.78 is 12.9. The molecule has 0 unspecified atom stereocenters. The minimum absolute atomic E-state index is 0.0231. The Morgan fingerprint density at radius 1 is 1.56 bits per heavy atom. The molecule has 0 bridgehead atoms. The summed E-state index contributed by atoms with van der Waals surface area (Å²) in [6.07, 6.45) is 2.62. The molecule has 0 aromatic heterocycles. The molecule has 0 radical (unpaired) electrons. The summed E-state index contributed by atoms with van der Waals surface area (Å²) in [5, 5.41) is 2.64. The van der Waals surface area contributed by atoms with Crippen LogP contribution in [0.15, 0.2) is 29.8 Å². The van der Waals surface area contributed by atoms with Gasteiger partial charge in [-0.3, -0.25) is 4.79 Å². The van der Waals surface area contributed by atoms with Crippen LogP contribution in [0.5, 0.6) is 0 Å². The van der Waals surface area contributed by atoms with E-state index in [9.17, 15) is 9.18 Å². The molecule has 86 valence electrons. The van der Waals surface area contributed by atoms with Crippen LogP contribution in [0, 0.1) is 5.82 Å². The van der Waals surface area contributed by atoms with E-state index >= 15 is 0 Å². The van der Waals surface area contributed by atoms with Crippen LogP contribution in [-0.2, 0) is 4.79 Å². The lowest BCUT2D eigenvalue weighted by molar-refractivity contribution is -0.112. The molecule has 1 amide bonds. The third-order valence-corrected chi connectivity index (χ3v) is 2.12. The van der Waals surface area contributed by atoms with Gasteiger partial charge >= 0.3 is 0 Å². The number of allylic oxidation sites excluding steroid dienone is 1. The molecule has 4 heteroatoms. The Balaban J connectivity index is 2.77. The normalized spacial score (nSPS) is 11.3. The lowest BCUT2D eigenvalue weighted by atomic mass is 10.2. The van der Waals surface area contributed by atoms with Gasteiger partial charge in [0, 0.05) is 11.3 Å². The number of amides is 1. The molecule has 0 aliphatic rings. The number of hydrogen-bond donors (Lipinski definition) is 2. The van der Waals surface area contributed by atoms with Crippen LogP contribution in [0.4, 0.5) is 15.8 Å². The Kier molecular flexibility index (Phi) is 4.05. The van der Waals surface area contributed by atoms with E-state index in [0.717, 1.165) is 6.42 Å². The lowest BCUT2D eigenvalue weighted by Gasteiger charge is -2.06. The van der Waals surface area contributed by atoms with Gasteiger partial charge in [0.2, 0.25) is 0 Å². The van der Waals surface area contributed by atoms with Crippen LogP contribution in [0.1, 0.15) is 20.3 Å². The van der Waals surface area contributed by atoms with Crippen LogP contribution < -0.4 is 11.1 Å². The second kappa shape index (κ2) is 5.30. The average molecular weight is 222 g/mol. The highest BCUT2D eigenvalue weighted by Gasteiger charge is 2.05. The van der Waals surface area contributed by atoms with Crippen molar-refractivity contribution in [3.8, 4) is 0 Å². The Hall–Kier alpha value is -1.84. The van der Waals surface area contributed by atoms with Crippen LogP contribution in [0.2, 0.25) is 0 Å². The van der Waals surface area contributed by atoms with E-state index in [1.807, 2.05) is 13.0 Å². The van der Waals surface area contributed by atoms with Crippen LogP contribution in [0.25, 0.3) is 0 Å². The molecule has 16 heavy (non-hydrogen) atoms. The summed E-state index contributed by atoms with van der Waals surface area (Å²) in [4.78, 5) is 11.6. The maximum absolute atomic E-state index is 12.9. The molecule has 0 saturated carbocycles. The predicted octanol–water partition coefficient (Wildman–Crippen LogP) is 2.70. The van der Waals surface area contributed by atoms with Crippen molar-refractivity contribution >= 4 is 17.3 Å². The number of nitrogens with one attached hydrogen (secondary N) is 1. The second-order valence-corrected chi connectivity index (χ2v) is 3.49. The van der Waals surface area contributed by atoms with Gasteiger partial charge in [-0.05, 0) is 31.5 Å². The fourth-order valence-corrected chi connectivity index (χ4v) is 1.25. The van der Waals surface area contributed by atoms with Crippen molar-refractivity contribution < 1.29 is 9.18 Å². The number of carbonyl (C=O) groups is 1. The highest BCUT2D eigenvalue weighted by atomic mass is 19.1. The van der Waals surface area contributed by atoms with Crippen LogP contribution >= 0.6 is 0 Å². The molecule has 0 fully saturated rings. The number of rotatable bonds is 3. The van der Waals surface area contributed by atoms with E-state index in [1.165, 1.54) is 18.2 Å². The third kappa shape index (κ3) is 3.08. The molecule has 0 heterocycles. The van der Waals surface area contributed by atoms with Gasteiger partial charge < -0.3 is 11.1 Å². The molecular formula is C12H15FN2O. The zero-order valence-corrected chi connectivity index (χ0v) is 9.38. The van der Waals surface area contributed by atoms with Gasteiger partial charge in [-0.2, -0.15) is 0 Å². The quantitative estimate of drug-likeness (QED) is 0.610. The number of nitrogens with two attached hydrogens (primary N) is 1. The molecule has 1 aromatic carbocycles. The lowest BCUT2D eigenvalue weighted by Crippen LogP contribution is -2.12. The summed E-state index contributed by atoms with van der Waals surface area (Å²) in [7, 11) is 0. The van der Waals surface area contributed by atoms with E-state index in [2.05, 4.69) is 5.32 Å². The highest BCUT2D eigenvalue weighted by Crippen LogP contribution is 2.16. The summed E-state index contributed by atoms with van der Waals surface area (Å²) in [5.41, 5.74) is 6.54. The van der Waals surface area contributed by atoms with E-state index in [4.69, 9.17) is 5.73 Å².